The zero-order chi connectivity index (χ0) is 16.3. The summed E-state index contributed by atoms with van der Waals surface area (Å²) in [7, 11) is 0. The molecule has 0 spiro atoms. The van der Waals surface area contributed by atoms with Crippen molar-refractivity contribution in [3.05, 3.63) is 53.2 Å². The molecule has 4 heteroatoms. The molecule has 2 aromatic rings. The summed E-state index contributed by atoms with van der Waals surface area (Å²) in [5.74, 6) is -0.0549. The Balaban J connectivity index is 0.000000847. The lowest BCUT2D eigenvalue weighted by molar-refractivity contribution is 0.104. The van der Waals surface area contributed by atoms with Crippen molar-refractivity contribution in [1.29, 1.82) is 0 Å². The molecular formula is C18H21N3O. The molecule has 4 nitrogen and oxygen atoms in total. The molecule has 0 amide bonds. The molecule has 0 saturated heterocycles. The molecule has 0 unspecified atom stereocenters. The molecular weight excluding hydrogens is 274 g/mol. The number of nitrogens with zero attached hydrogens (tertiary/aromatic N) is 1. The Morgan fingerprint density at radius 3 is 2.59 bits per heavy atom. The first kappa shape index (κ1) is 15.8. The van der Waals surface area contributed by atoms with Crippen LogP contribution < -0.4 is 5.73 Å². The van der Waals surface area contributed by atoms with Crippen LogP contribution >= 0.6 is 0 Å². The molecule has 22 heavy (non-hydrogen) atoms. The fraction of sp³-hybridized carbons (Fsp3) is 0.222. The highest BCUT2D eigenvalue weighted by Gasteiger charge is 2.34. The number of nitrogens with two attached hydrogens (primary N) is 1. The Labute approximate surface area is 130 Å². The van der Waals surface area contributed by atoms with Crippen LogP contribution in [0, 0.1) is 0 Å². The molecule has 0 saturated carbocycles. The van der Waals surface area contributed by atoms with Gasteiger partial charge in [0.05, 0.1) is 16.8 Å². The minimum Gasteiger partial charge on any atom is -0.398 e. The van der Waals surface area contributed by atoms with Crippen molar-refractivity contribution in [2.24, 2.45) is 0 Å². The average Bonchev–Trinajstić information content (AvgIpc) is 3.08. The highest BCUT2D eigenvalue weighted by atomic mass is 16.1. The summed E-state index contributed by atoms with van der Waals surface area (Å²) < 4.78 is 0. The highest BCUT2D eigenvalue weighted by molar-refractivity contribution is 6.25. The molecule has 0 aliphatic heterocycles. The number of hydrogen-bond acceptors (Lipinski definition) is 3. The number of anilines is 1. The van der Waals surface area contributed by atoms with Gasteiger partial charge >= 0.3 is 0 Å². The van der Waals surface area contributed by atoms with E-state index in [-0.39, 0.29) is 5.78 Å². The summed E-state index contributed by atoms with van der Waals surface area (Å²) >= 11 is 0. The van der Waals surface area contributed by atoms with Crippen molar-refractivity contribution < 1.29 is 4.79 Å². The summed E-state index contributed by atoms with van der Waals surface area (Å²) in [5.41, 5.74) is 10.8. The lowest BCUT2D eigenvalue weighted by Gasteiger charge is -2.02. The summed E-state index contributed by atoms with van der Waals surface area (Å²) in [4.78, 5) is 12.6. The minimum atomic E-state index is -0.0549. The SMILES string of the molecule is C/C=C\C(=C/C)c1n[nH]c2c1C(=O)c1c(N)cccc1-2.CC. The van der Waals surface area contributed by atoms with Crippen molar-refractivity contribution in [3.8, 4) is 11.3 Å². The molecule has 114 valence electrons. The van der Waals surface area contributed by atoms with Crippen molar-refractivity contribution >= 4 is 17.0 Å². The molecule has 1 aliphatic rings. The lowest BCUT2D eigenvalue weighted by atomic mass is 10.0. The molecule has 3 rings (SSSR count). The quantitative estimate of drug-likeness (QED) is 0.549. The fourth-order valence-electron chi connectivity index (χ4n) is 2.62. The number of carbonyl (C=O) groups excluding carboxylic acids is 1. The number of hydrogen-bond donors (Lipinski definition) is 2. The Bertz CT molecular complexity index is 767. The van der Waals surface area contributed by atoms with Crippen LogP contribution in [0.4, 0.5) is 5.69 Å². The van der Waals surface area contributed by atoms with Crippen LogP contribution in [0.5, 0.6) is 0 Å². The molecule has 3 N–H and O–H groups in total. The number of rotatable bonds is 2. The van der Waals surface area contributed by atoms with Gasteiger partial charge in [-0.15, -0.1) is 0 Å². The molecule has 1 aromatic heterocycles. The maximum Gasteiger partial charge on any atom is 0.200 e. The molecule has 1 heterocycles. The van der Waals surface area contributed by atoms with Crippen LogP contribution in [0.2, 0.25) is 0 Å². The van der Waals surface area contributed by atoms with E-state index < -0.39 is 0 Å². The van der Waals surface area contributed by atoms with E-state index in [0.717, 1.165) is 16.8 Å². The minimum absolute atomic E-state index is 0.0549. The molecule has 0 radical (unpaired) electrons. The van der Waals surface area contributed by atoms with E-state index in [1.165, 1.54) is 0 Å². The summed E-state index contributed by atoms with van der Waals surface area (Å²) in [5, 5.41) is 7.27. The van der Waals surface area contributed by atoms with Gasteiger partial charge in [0.15, 0.2) is 5.78 Å². The summed E-state index contributed by atoms with van der Waals surface area (Å²) in [6, 6.07) is 5.49. The van der Waals surface area contributed by atoms with Crippen LogP contribution in [0.3, 0.4) is 0 Å². The number of allylic oxidation sites excluding steroid dienone is 4. The van der Waals surface area contributed by atoms with Gasteiger partial charge in [-0.25, -0.2) is 0 Å². The van der Waals surface area contributed by atoms with Gasteiger partial charge in [-0.1, -0.05) is 44.2 Å². The van der Waals surface area contributed by atoms with Crippen LogP contribution in [0.15, 0.2) is 36.4 Å². The van der Waals surface area contributed by atoms with Gasteiger partial charge in [0.2, 0.25) is 0 Å². The van der Waals surface area contributed by atoms with Crippen molar-refractivity contribution in [2.45, 2.75) is 27.7 Å². The standard InChI is InChI=1S/C16H15N3O.C2H6/c1-3-6-9(4-2)14-13-15(19-18-14)10-7-5-8-11(17)12(10)16(13)20;1-2/h3-8H,17H2,1-2H3,(H,18,19);1-2H3/b6-3-,9-4+;. The first-order valence-electron chi connectivity index (χ1n) is 7.50. The largest absolute Gasteiger partial charge is 0.398 e. The highest BCUT2D eigenvalue weighted by Crippen LogP contribution is 2.40. The second-order valence-electron chi connectivity index (χ2n) is 4.67. The summed E-state index contributed by atoms with van der Waals surface area (Å²) in [6.07, 6.45) is 5.81. The average molecular weight is 295 g/mol. The van der Waals surface area contributed by atoms with Gasteiger partial charge in [0.1, 0.15) is 5.69 Å². The van der Waals surface area contributed by atoms with Crippen LogP contribution in [0.1, 0.15) is 49.3 Å². The third-order valence-corrected chi connectivity index (χ3v) is 3.52. The first-order valence-corrected chi connectivity index (χ1v) is 7.50. The number of nitrogen functional groups attached to an aromatic ring is 1. The monoisotopic (exact) mass is 295 g/mol. The maximum atomic E-state index is 12.6. The lowest BCUT2D eigenvalue weighted by Crippen LogP contribution is -2.03. The Kier molecular flexibility index (Phi) is 4.61. The van der Waals surface area contributed by atoms with Crippen molar-refractivity contribution in [1.82, 2.24) is 10.2 Å². The van der Waals surface area contributed by atoms with Gasteiger partial charge in [-0.05, 0) is 25.5 Å². The number of nitrogens with one attached hydrogen (secondary N) is 1. The Morgan fingerprint density at radius 1 is 1.23 bits per heavy atom. The van der Waals surface area contributed by atoms with Crippen LogP contribution in [-0.4, -0.2) is 16.0 Å². The second kappa shape index (κ2) is 6.43. The van der Waals surface area contributed by atoms with Gasteiger partial charge in [0.25, 0.3) is 0 Å². The third kappa shape index (κ3) is 2.26. The van der Waals surface area contributed by atoms with E-state index in [4.69, 9.17) is 5.73 Å². The van der Waals surface area contributed by atoms with E-state index in [2.05, 4.69) is 10.2 Å². The number of benzene rings is 1. The maximum absolute atomic E-state index is 12.6. The number of carbonyl (C=O) groups is 1. The zero-order valence-electron chi connectivity index (χ0n) is 13.4. The first-order chi connectivity index (χ1) is 10.7. The molecule has 0 bridgehead atoms. The Hall–Kier alpha value is -2.62. The molecule has 0 fully saturated rings. The molecule has 0 atom stereocenters. The van der Waals surface area contributed by atoms with E-state index in [1.807, 2.05) is 58.1 Å². The number of aromatic nitrogens is 2. The number of H-pyrrole nitrogens is 1. The van der Waals surface area contributed by atoms with E-state index in [9.17, 15) is 4.79 Å². The second-order valence-corrected chi connectivity index (χ2v) is 4.67. The zero-order valence-corrected chi connectivity index (χ0v) is 13.4. The van der Waals surface area contributed by atoms with Gasteiger partial charge < -0.3 is 5.73 Å². The Morgan fingerprint density at radius 2 is 1.95 bits per heavy atom. The number of aromatic amines is 1. The van der Waals surface area contributed by atoms with Crippen LogP contribution in [-0.2, 0) is 0 Å². The smallest absolute Gasteiger partial charge is 0.200 e. The fourth-order valence-corrected chi connectivity index (χ4v) is 2.62. The predicted octanol–water partition coefficient (Wildman–Crippen LogP) is 4.21. The topological polar surface area (TPSA) is 71.8 Å². The van der Waals surface area contributed by atoms with E-state index in [0.29, 0.717) is 22.5 Å². The van der Waals surface area contributed by atoms with Crippen molar-refractivity contribution in [3.63, 3.8) is 0 Å². The van der Waals surface area contributed by atoms with E-state index >= 15 is 0 Å². The predicted molar refractivity (Wildman–Crippen MR) is 91.7 cm³/mol. The van der Waals surface area contributed by atoms with Gasteiger partial charge in [0, 0.05) is 11.3 Å². The normalized spacial score (nSPS) is 12.9. The van der Waals surface area contributed by atoms with Crippen LogP contribution in [0.25, 0.3) is 16.8 Å². The summed E-state index contributed by atoms with van der Waals surface area (Å²) in [6.45, 7) is 7.86. The van der Waals surface area contributed by atoms with E-state index in [1.54, 1.807) is 6.07 Å². The molecule has 1 aromatic carbocycles. The number of fused-ring (bicyclic) bond motifs is 3. The third-order valence-electron chi connectivity index (χ3n) is 3.52. The number of ketones is 1. The van der Waals surface area contributed by atoms with Gasteiger partial charge in [-0.2, -0.15) is 5.10 Å². The van der Waals surface area contributed by atoms with Crippen molar-refractivity contribution in [2.75, 3.05) is 5.73 Å². The molecule has 1 aliphatic carbocycles. The van der Waals surface area contributed by atoms with Gasteiger partial charge in [-0.3, -0.25) is 9.89 Å².